The Balaban J connectivity index is 1.39. The van der Waals surface area contributed by atoms with Crippen LogP contribution in [-0.4, -0.2) is 21.4 Å². The van der Waals surface area contributed by atoms with E-state index in [-0.39, 0.29) is 0 Å². The summed E-state index contributed by atoms with van der Waals surface area (Å²) in [5.41, 5.74) is 0.175. The van der Waals surface area contributed by atoms with Gasteiger partial charge in [-0.2, -0.15) is 0 Å². The van der Waals surface area contributed by atoms with Crippen LogP contribution < -0.4 is 0 Å². The van der Waals surface area contributed by atoms with Crippen LogP contribution in [0, 0.1) is 40.4 Å². The van der Waals surface area contributed by atoms with Gasteiger partial charge in [0.05, 0.1) is 11.2 Å². The molecule has 4 rings (SSSR count). The largest absolute Gasteiger partial charge is 0.390 e. The molecule has 0 bridgehead atoms. The molecule has 0 aromatic heterocycles. The summed E-state index contributed by atoms with van der Waals surface area (Å²) >= 11 is 0. The minimum atomic E-state index is -0.459. The number of rotatable bonds is 6. The molecule has 4 unspecified atom stereocenters. The Morgan fingerprint density at radius 2 is 1.60 bits per heavy atom. The van der Waals surface area contributed by atoms with Crippen molar-refractivity contribution in [3.63, 3.8) is 0 Å². The van der Waals surface area contributed by atoms with Crippen molar-refractivity contribution in [1.82, 2.24) is 0 Å². The summed E-state index contributed by atoms with van der Waals surface area (Å²) in [5.74, 6) is 4.45. The fourth-order valence-corrected chi connectivity index (χ4v) is 9.09. The Bertz CT molecular complexity index is 610. The molecule has 4 saturated carbocycles. The van der Waals surface area contributed by atoms with E-state index in [0.717, 1.165) is 55.3 Å². The predicted octanol–water partition coefficient (Wildman–Crippen LogP) is 7.12. The lowest BCUT2D eigenvalue weighted by atomic mass is 9.44. The molecule has 30 heavy (non-hydrogen) atoms. The Hall–Kier alpha value is -0.0800. The van der Waals surface area contributed by atoms with Gasteiger partial charge in [0.2, 0.25) is 0 Å². The molecular weight excluding hydrogens is 368 g/mol. The molecule has 4 fully saturated rings. The highest BCUT2D eigenvalue weighted by Gasteiger charge is 2.60. The Labute approximate surface area is 186 Å². The van der Waals surface area contributed by atoms with Crippen LogP contribution >= 0.6 is 0 Å². The zero-order valence-electron chi connectivity index (χ0n) is 20.7. The average molecular weight is 419 g/mol. The SMILES string of the molecule is CCC(C)(O)CCCC[C@H]1CCC2[C@@H]3CCC4C[C@@](C)(O)CC[C@]4(C)C3CC[C@@]21C. The van der Waals surface area contributed by atoms with Gasteiger partial charge in [0.25, 0.3) is 0 Å². The van der Waals surface area contributed by atoms with Crippen LogP contribution in [-0.2, 0) is 0 Å². The monoisotopic (exact) mass is 418 g/mol. The van der Waals surface area contributed by atoms with E-state index in [1.54, 1.807) is 0 Å². The van der Waals surface area contributed by atoms with E-state index >= 15 is 0 Å². The van der Waals surface area contributed by atoms with Gasteiger partial charge in [-0.15, -0.1) is 0 Å². The Morgan fingerprint density at radius 3 is 2.33 bits per heavy atom. The van der Waals surface area contributed by atoms with Crippen molar-refractivity contribution in [3.05, 3.63) is 0 Å². The van der Waals surface area contributed by atoms with Crippen molar-refractivity contribution in [2.24, 2.45) is 40.4 Å². The van der Waals surface area contributed by atoms with Gasteiger partial charge in [-0.1, -0.05) is 33.6 Å². The maximum atomic E-state index is 10.7. The maximum absolute atomic E-state index is 10.7. The van der Waals surface area contributed by atoms with Crippen molar-refractivity contribution in [2.75, 3.05) is 0 Å². The van der Waals surface area contributed by atoms with Crippen molar-refractivity contribution in [2.45, 2.75) is 136 Å². The lowest BCUT2D eigenvalue weighted by Crippen LogP contribution is -2.55. The van der Waals surface area contributed by atoms with Gasteiger partial charge in [0.1, 0.15) is 0 Å². The van der Waals surface area contributed by atoms with Crippen LogP contribution in [0.2, 0.25) is 0 Å². The van der Waals surface area contributed by atoms with E-state index in [4.69, 9.17) is 0 Å². The summed E-state index contributed by atoms with van der Waals surface area (Å²) in [6, 6.07) is 0. The van der Waals surface area contributed by atoms with E-state index in [1.165, 1.54) is 64.2 Å². The quantitative estimate of drug-likeness (QED) is 0.451. The first kappa shape index (κ1) is 23.1. The van der Waals surface area contributed by atoms with Crippen LogP contribution in [0.3, 0.4) is 0 Å². The number of hydrogen-bond acceptors (Lipinski definition) is 2. The molecule has 174 valence electrons. The fraction of sp³-hybridized carbons (Fsp3) is 1.00. The molecule has 0 saturated heterocycles. The van der Waals surface area contributed by atoms with Crippen LogP contribution in [0.15, 0.2) is 0 Å². The summed E-state index contributed by atoms with van der Waals surface area (Å²) in [6.45, 7) is 11.5. The molecule has 0 heterocycles. The number of unbranched alkanes of at least 4 members (excludes halogenated alkanes) is 1. The zero-order chi connectivity index (χ0) is 21.8. The molecule has 0 aromatic carbocycles. The molecule has 4 aliphatic rings. The third-order valence-corrected chi connectivity index (χ3v) is 11.4. The first-order valence-electron chi connectivity index (χ1n) is 13.5. The predicted molar refractivity (Wildman–Crippen MR) is 125 cm³/mol. The third-order valence-electron chi connectivity index (χ3n) is 11.4. The maximum Gasteiger partial charge on any atom is 0.0622 e. The van der Waals surface area contributed by atoms with E-state index in [9.17, 15) is 10.2 Å². The van der Waals surface area contributed by atoms with Crippen LogP contribution in [0.4, 0.5) is 0 Å². The van der Waals surface area contributed by atoms with Crippen LogP contribution in [0.25, 0.3) is 0 Å². The molecule has 0 aliphatic heterocycles. The molecular formula is C28H50O2. The normalized spacial score (nSPS) is 50.3. The highest BCUT2D eigenvalue weighted by molar-refractivity contribution is 5.10. The lowest BCUT2D eigenvalue weighted by molar-refractivity contribution is -0.146. The molecule has 2 heteroatoms. The molecule has 2 N–H and O–H groups in total. The molecule has 0 radical (unpaired) electrons. The zero-order valence-corrected chi connectivity index (χ0v) is 20.7. The van der Waals surface area contributed by atoms with E-state index in [2.05, 4.69) is 27.7 Å². The minimum Gasteiger partial charge on any atom is -0.390 e. The van der Waals surface area contributed by atoms with E-state index in [0.29, 0.717) is 10.8 Å². The summed E-state index contributed by atoms with van der Waals surface area (Å²) in [4.78, 5) is 0. The average Bonchev–Trinajstić information content (AvgIpc) is 3.02. The van der Waals surface area contributed by atoms with Gasteiger partial charge in [-0.3, -0.25) is 0 Å². The van der Waals surface area contributed by atoms with Gasteiger partial charge in [0.15, 0.2) is 0 Å². The highest BCUT2D eigenvalue weighted by Crippen LogP contribution is 2.68. The number of hydrogen-bond donors (Lipinski definition) is 2. The second-order valence-corrected chi connectivity index (χ2v) is 13.3. The highest BCUT2D eigenvalue weighted by atomic mass is 16.3. The summed E-state index contributed by atoms with van der Waals surface area (Å²) in [6.07, 6.45) is 17.6. The van der Waals surface area contributed by atoms with Gasteiger partial charge in [0, 0.05) is 0 Å². The topological polar surface area (TPSA) is 40.5 Å². The van der Waals surface area contributed by atoms with Gasteiger partial charge in [-0.25, -0.2) is 0 Å². The van der Waals surface area contributed by atoms with Gasteiger partial charge in [-0.05, 0) is 131 Å². The van der Waals surface area contributed by atoms with E-state index < -0.39 is 11.2 Å². The first-order valence-corrected chi connectivity index (χ1v) is 13.5. The van der Waals surface area contributed by atoms with E-state index in [1.807, 2.05) is 6.92 Å². The van der Waals surface area contributed by atoms with Crippen LogP contribution in [0.1, 0.15) is 125 Å². The summed E-state index contributed by atoms with van der Waals surface area (Å²) in [5, 5.41) is 21.0. The number of aliphatic hydroxyl groups is 2. The minimum absolute atomic E-state index is 0.416. The second kappa shape index (κ2) is 8.05. The van der Waals surface area contributed by atoms with Crippen molar-refractivity contribution >= 4 is 0 Å². The molecule has 4 aliphatic carbocycles. The lowest BCUT2D eigenvalue weighted by Gasteiger charge is -2.62. The molecule has 0 amide bonds. The van der Waals surface area contributed by atoms with Crippen molar-refractivity contribution in [3.8, 4) is 0 Å². The van der Waals surface area contributed by atoms with Crippen molar-refractivity contribution in [1.29, 1.82) is 0 Å². The fourth-order valence-electron chi connectivity index (χ4n) is 9.09. The van der Waals surface area contributed by atoms with Crippen LogP contribution in [0.5, 0.6) is 0 Å². The molecule has 2 nitrogen and oxygen atoms in total. The molecule has 9 atom stereocenters. The summed E-state index contributed by atoms with van der Waals surface area (Å²) < 4.78 is 0. The van der Waals surface area contributed by atoms with Gasteiger partial charge < -0.3 is 10.2 Å². The molecule has 0 aromatic rings. The van der Waals surface area contributed by atoms with Gasteiger partial charge >= 0.3 is 0 Å². The smallest absolute Gasteiger partial charge is 0.0622 e. The molecule has 0 spiro atoms. The van der Waals surface area contributed by atoms with Crippen molar-refractivity contribution < 1.29 is 10.2 Å². The third kappa shape index (κ3) is 4.02. The Kier molecular flexibility index (Phi) is 6.20. The Morgan fingerprint density at radius 1 is 0.867 bits per heavy atom. The second-order valence-electron chi connectivity index (χ2n) is 13.3. The first-order chi connectivity index (χ1) is 14.0. The number of fused-ring (bicyclic) bond motifs is 5. The standard InChI is InChI=1S/C28H50O2/c1-6-25(2,29)15-8-7-9-20-11-13-23-22-12-10-21-19-26(3,30)17-18-28(21,5)24(22)14-16-27(20,23)4/h20-24,29-30H,6-19H2,1-5H3/t20-,21?,22-,23?,24?,25?,26-,27+,28-/m0/s1. The summed E-state index contributed by atoms with van der Waals surface area (Å²) in [7, 11) is 0.